The summed E-state index contributed by atoms with van der Waals surface area (Å²) in [4.78, 5) is 22.1. The first-order chi connectivity index (χ1) is 9.56. The molecule has 0 aromatic carbocycles. The second-order valence-electron chi connectivity index (χ2n) is 5.17. The zero-order valence-corrected chi connectivity index (χ0v) is 12.2. The van der Waals surface area contributed by atoms with Crippen LogP contribution in [0.25, 0.3) is 0 Å². The van der Waals surface area contributed by atoms with Gasteiger partial charge in [-0.2, -0.15) is 0 Å². The van der Waals surface area contributed by atoms with Gasteiger partial charge in [-0.05, 0) is 26.2 Å². The number of hydrogen-bond acceptors (Lipinski definition) is 5. The van der Waals surface area contributed by atoms with Crippen molar-refractivity contribution in [2.24, 2.45) is 0 Å². The summed E-state index contributed by atoms with van der Waals surface area (Å²) in [6.07, 6.45) is 4.39. The fraction of sp³-hybridized carbons (Fsp3) is 0.643. The molecule has 1 aromatic heterocycles. The van der Waals surface area contributed by atoms with E-state index in [1.54, 1.807) is 7.11 Å². The van der Waals surface area contributed by atoms with Crippen molar-refractivity contribution in [2.45, 2.75) is 45.1 Å². The smallest absolute Gasteiger partial charge is 0.329 e. The van der Waals surface area contributed by atoms with Crippen LogP contribution in [0.3, 0.4) is 0 Å². The number of carboxylic acid groups (broad SMARTS) is 1. The number of aliphatic carboxylic acids is 1. The van der Waals surface area contributed by atoms with E-state index in [0.29, 0.717) is 31.1 Å². The summed E-state index contributed by atoms with van der Waals surface area (Å²) >= 11 is 0. The van der Waals surface area contributed by atoms with E-state index >= 15 is 0 Å². The summed E-state index contributed by atoms with van der Waals surface area (Å²) in [5.74, 6) is 0.400. The molecule has 1 aliphatic rings. The van der Waals surface area contributed by atoms with E-state index in [9.17, 15) is 9.90 Å². The summed E-state index contributed by atoms with van der Waals surface area (Å²) in [7, 11) is 1.56. The summed E-state index contributed by atoms with van der Waals surface area (Å²) in [6, 6.07) is 0. The zero-order valence-electron chi connectivity index (χ0n) is 12.2. The second kappa shape index (κ2) is 5.64. The van der Waals surface area contributed by atoms with Gasteiger partial charge in [0.2, 0.25) is 5.88 Å². The molecule has 1 saturated heterocycles. The zero-order chi connectivity index (χ0) is 14.8. The van der Waals surface area contributed by atoms with Crippen molar-refractivity contribution in [3.63, 3.8) is 0 Å². The van der Waals surface area contributed by atoms with Gasteiger partial charge in [0.25, 0.3) is 0 Å². The Kier molecular flexibility index (Phi) is 4.11. The largest absolute Gasteiger partial charge is 0.481 e. The number of aromatic nitrogens is 2. The molecule has 20 heavy (non-hydrogen) atoms. The van der Waals surface area contributed by atoms with Crippen LogP contribution in [-0.4, -0.2) is 40.2 Å². The number of hydrogen-bond donors (Lipinski definition) is 1. The second-order valence-corrected chi connectivity index (χ2v) is 5.17. The highest BCUT2D eigenvalue weighted by molar-refractivity contribution is 5.84. The molecule has 0 aliphatic carbocycles. The third-order valence-electron chi connectivity index (χ3n) is 4.01. The molecule has 0 saturated carbocycles. The molecule has 1 unspecified atom stereocenters. The van der Waals surface area contributed by atoms with Crippen molar-refractivity contribution in [3.8, 4) is 5.88 Å². The van der Waals surface area contributed by atoms with Gasteiger partial charge in [-0.25, -0.2) is 14.8 Å². The van der Waals surface area contributed by atoms with Crippen LogP contribution in [0.1, 0.15) is 38.2 Å². The van der Waals surface area contributed by atoms with E-state index in [1.807, 2.05) is 18.7 Å². The van der Waals surface area contributed by atoms with Crippen LogP contribution in [-0.2, 0) is 4.79 Å². The maximum Gasteiger partial charge on any atom is 0.329 e. The Morgan fingerprint density at radius 3 is 2.90 bits per heavy atom. The lowest BCUT2D eigenvalue weighted by Gasteiger charge is -2.36. The topological polar surface area (TPSA) is 75.5 Å². The molecule has 1 aliphatic heterocycles. The Bertz CT molecular complexity index is 506. The molecule has 1 N–H and O–H groups in total. The molecule has 0 amide bonds. The van der Waals surface area contributed by atoms with E-state index in [4.69, 9.17) is 4.74 Å². The highest BCUT2D eigenvalue weighted by Crippen LogP contribution is 2.39. The Balaban J connectivity index is 2.47. The van der Waals surface area contributed by atoms with Gasteiger partial charge in [0, 0.05) is 6.54 Å². The number of carbonyl (C=O) groups is 1. The number of carboxylic acids is 1. The van der Waals surface area contributed by atoms with Crippen LogP contribution in [0.5, 0.6) is 5.88 Å². The molecular weight excluding hydrogens is 258 g/mol. The van der Waals surface area contributed by atoms with Gasteiger partial charge >= 0.3 is 5.97 Å². The average Bonchev–Trinajstić information content (AvgIpc) is 2.84. The molecule has 2 heterocycles. The normalized spacial score (nSPS) is 22.1. The minimum absolute atomic E-state index is 0.498. The monoisotopic (exact) mass is 279 g/mol. The SMILES string of the molecule is CCCC1(C(=O)O)CCCN1c1ncnc(OC)c1C. The number of anilines is 1. The molecule has 1 atom stereocenters. The first-order valence-corrected chi connectivity index (χ1v) is 6.93. The number of methoxy groups -OCH3 is 1. The van der Waals surface area contributed by atoms with Crippen molar-refractivity contribution >= 4 is 11.8 Å². The number of ether oxygens (including phenoxy) is 1. The first kappa shape index (κ1) is 14.6. The molecule has 6 heteroatoms. The van der Waals surface area contributed by atoms with Gasteiger partial charge in [0.05, 0.1) is 12.7 Å². The average molecular weight is 279 g/mol. The lowest BCUT2D eigenvalue weighted by atomic mass is 9.90. The van der Waals surface area contributed by atoms with Crippen molar-refractivity contribution in [1.82, 2.24) is 9.97 Å². The van der Waals surface area contributed by atoms with Crippen LogP contribution in [0.4, 0.5) is 5.82 Å². The number of nitrogens with zero attached hydrogens (tertiary/aromatic N) is 3. The lowest BCUT2D eigenvalue weighted by molar-refractivity contribution is -0.143. The Hall–Kier alpha value is -1.85. The van der Waals surface area contributed by atoms with Gasteiger partial charge in [0.1, 0.15) is 17.7 Å². The molecule has 1 aromatic rings. The molecule has 0 spiro atoms. The maximum atomic E-state index is 11.8. The minimum Gasteiger partial charge on any atom is -0.481 e. The van der Waals surface area contributed by atoms with Gasteiger partial charge in [-0.1, -0.05) is 13.3 Å². The molecule has 2 rings (SSSR count). The summed E-state index contributed by atoms with van der Waals surface area (Å²) in [5.41, 5.74) is -0.0579. The third kappa shape index (κ3) is 2.19. The van der Waals surface area contributed by atoms with Gasteiger partial charge < -0.3 is 14.7 Å². The van der Waals surface area contributed by atoms with Gasteiger partial charge in [-0.3, -0.25) is 0 Å². The quantitative estimate of drug-likeness (QED) is 0.888. The van der Waals surface area contributed by atoms with Crippen molar-refractivity contribution in [2.75, 3.05) is 18.6 Å². The Morgan fingerprint density at radius 2 is 2.30 bits per heavy atom. The molecule has 110 valence electrons. The maximum absolute atomic E-state index is 11.8. The van der Waals surface area contributed by atoms with Crippen LogP contribution in [0.15, 0.2) is 6.33 Å². The number of rotatable bonds is 5. The predicted molar refractivity (Wildman–Crippen MR) is 75.2 cm³/mol. The Labute approximate surface area is 118 Å². The summed E-state index contributed by atoms with van der Waals surface area (Å²) < 4.78 is 5.21. The fourth-order valence-electron chi connectivity index (χ4n) is 3.09. The first-order valence-electron chi connectivity index (χ1n) is 6.93. The lowest BCUT2D eigenvalue weighted by Crippen LogP contribution is -2.51. The Morgan fingerprint density at radius 1 is 1.55 bits per heavy atom. The highest BCUT2D eigenvalue weighted by Gasteiger charge is 2.48. The molecule has 0 bridgehead atoms. The third-order valence-corrected chi connectivity index (χ3v) is 4.01. The van der Waals surface area contributed by atoms with Crippen LogP contribution < -0.4 is 9.64 Å². The van der Waals surface area contributed by atoms with Gasteiger partial charge in [0.15, 0.2) is 0 Å². The van der Waals surface area contributed by atoms with Gasteiger partial charge in [-0.15, -0.1) is 0 Å². The minimum atomic E-state index is -0.848. The van der Waals surface area contributed by atoms with Crippen molar-refractivity contribution in [1.29, 1.82) is 0 Å². The standard InChI is InChI=1S/C14H21N3O3/c1-4-6-14(13(18)19)7-5-8-17(14)11-10(2)12(20-3)16-9-15-11/h9H,4-8H2,1-3H3,(H,18,19). The molecule has 1 fully saturated rings. The van der Waals surface area contributed by atoms with Crippen LogP contribution in [0.2, 0.25) is 0 Å². The summed E-state index contributed by atoms with van der Waals surface area (Å²) in [5, 5.41) is 9.73. The van der Waals surface area contributed by atoms with E-state index in [1.165, 1.54) is 6.33 Å². The molecule has 6 nitrogen and oxygen atoms in total. The van der Waals surface area contributed by atoms with E-state index < -0.39 is 11.5 Å². The van der Waals surface area contributed by atoms with E-state index in [-0.39, 0.29) is 0 Å². The van der Waals surface area contributed by atoms with Crippen LogP contribution in [0, 0.1) is 6.92 Å². The fourth-order valence-corrected chi connectivity index (χ4v) is 3.09. The highest BCUT2D eigenvalue weighted by atomic mass is 16.5. The van der Waals surface area contributed by atoms with Crippen molar-refractivity contribution < 1.29 is 14.6 Å². The molecule has 0 radical (unpaired) electrons. The van der Waals surface area contributed by atoms with Crippen molar-refractivity contribution in [3.05, 3.63) is 11.9 Å². The summed E-state index contributed by atoms with van der Waals surface area (Å²) in [6.45, 7) is 4.58. The van der Waals surface area contributed by atoms with Crippen LogP contribution >= 0.6 is 0 Å². The van der Waals surface area contributed by atoms with E-state index in [2.05, 4.69) is 9.97 Å². The molecular formula is C14H21N3O3. The van der Waals surface area contributed by atoms with E-state index in [0.717, 1.165) is 18.4 Å². The predicted octanol–water partition coefficient (Wildman–Crippen LogP) is 2.02.